The third-order valence-electron chi connectivity index (χ3n) is 7.48. The summed E-state index contributed by atoms with van der Waals surface area (Å²) in [5, 5.41) is 6.69. The fourth-order valence-corrected chi connectivity index (χ4v) is 5.47. The van der Waals surface area contributed by atoms with Crippen LogP contribution in [-0.2, 0) is 11.2 Å². The predicted molar refractivity (Wildman–Crippen MR) is 123 cm³/mol. The highest BCUT2D eigenvalue weighted by atomic mass is 16.1. The summed E-state index contributed by atoms with van der Waals surface area (Å²) in [6.45, 7) is 8.76. The van der Waals surface area contributed by atoms with Gasteiger partial charge in [0.15, 0.2) is 0 Å². The van der Waals surface area contributed by atoms with Crippen molar-refractivity contribution in [3.63, 3.8) is 0 Å². The third-order valence-corrected chi connectivity index (χ3v) is 7.48. The molecule has 0 spiro atoms. The predicted octanol–water partition coefficient (Wildman–Crippen LogP) is 2.52. The lowest BCUT2D eigenvalue weighted by molar-refractivity contribution is -0.127. The molecule has 0 saturated carbocycles. The fourth-order valence-electron chi connectivity index (χ4n) is 5.47. The molecule has 1 atom stereocenters. The number of hydrogen-bond donors (Lipinski definition) is 2. The summed E-state index contributed by atoms with van der Waals surface area (Å²) in [5.41, 5.74) is 1.44. The van der Waals surface area contributed by atoms with Crippen molar-refractivity contribution < 1.29 is 4.79 Å². The van der Waals surface area contributed by atoms with E-state index in [2.05, 4.69) is 50.8 Å². The van der Waals surface area contributed by atoms with Gasteiger partial charge in [-0.05, 0) is 89.2 Å². The summed E-state index contributed by atoms with van der Waals surface area (Å²) in [7, 11) is 0. The molecule has 5 nitrogen and oxygen atoms in total. The van der Waals surface area contributed by atoms with E-state index < -0.39 is 0 Å². The van der Waals surface area contributed by atoms with Gasteiger partial charge in [-0.2, -0.15) is 0 Å². The van der Waals surface area contributed by atoms with E-state index in [0.717, 1.165) is 39.0 Å². The van der Waals surface area contributed by atoms with Gasteiger partial charge in [0.2, 0.25) is 5.91 Å². The average Bonchev–Trinajstić information content (AvgIpc) is 2.83. The monoisotopic (exact) mass is 412 g/mol. The Morgan fingerprint density at radius 2 is 1.77 bits per heavy atom. The Bertz CT molecular complexity index is 638. The summed E-state index contributed by atoms with van der Waals surface area (Å²) in [4.78, 5) is 18.0. The molecule has 0 unspecified atom stereocenters. The molecule has 1 amide bonds. The molecular formula is C25H40N4O. The molecule has 5 heteroatoms. The third kappa shape index (κ3) is 6.29. The Balaban J connectivity index is 1.17. The number of carbonyl (C=O) groups excluding carboxylic acids is 1. The second-order valence-corrected chi connectivity index (χ2v) is 9.58. The minimum atomic E-state index is 0.191. The Hall–Kier alpha value is -1.43. The molecule has 3 aliphatic rings. The molecule has 166 valence electrons. The van der Waals surface area contributed by atoms with Gasteiger partial charge in [0.05, 0.1) is 5.92 Å². The van der Waals surface area contributed by atoms with E-state index in [1.54, 1.807) is 0 Å². The zero-order valence-electron chi connectivity index (χ0n) is 18.5. The second-order valence-electron chi connectivity index (χ2n) is 9.58. The molecule has 30 heavy (non-hydrogen) atoms. The van der Waals surface area contributed by atoms with E-state index in [0.29, 0.717) is 17.9 Å². The maximum absolute atomic E-state index is 12.8. The van der Waals surface area contributed by atoms with Gasteiger partial charge in [-0.15, -0.1) is 0 Å². The van der Waals surface area contributed by atoms with E-state index in [1.807, 2.05) is 0 Å². The van der Waals surface area contributed by atoms with E-state index >= 15 is 0 Å². The Morgan fingerprint density at radius 1 is 1.00 bits per heavy atom. The van der Waals surface area contributed by atoms with Crippen LogP contribution in [0.4, 0.5) is 0 Å². The van der Waals surface area contributed by atoms with Gasteiger partial charge in [0, 0.05) is 25.7 Å². The lowest BCUT2D eigenvalue weighted by Crippen LogP contribution is -2.51. The van der Waals surface area contributed by atoms with E-state index in [-0.39, 0.29) is 5.92 Å². The molecule has 2 N–H and O–H groups in total. The molecule has 0 aromatic heterocycles. The zero-order chi connectivity index (χ0) is 20.6. The van der Waals surface area contributed by atoms with Crippen molar-refractivity contribution in [1.29, 1.82) is 0 Å². The molecule has 0 radical (unpaired) electrons. The zero-order valence-corrected chi connectivity index (χ0v) is 18.5. The molecule has 3 fully saturated rings. The van der Waals surface area contributed by atoms with Gasteiger partial charge in [-0.3, -0.25) is 9.69 Å². The van der Waals surface area contributed by atoms with Crippen LogP contribution in [0, 0.1) is 11.8 Å². The molecule has 3 saturated heterocycles. The highest BCUT2D eigenvalue weighted by molar-refractivity contribution is 5.79. The summed E-state index contributed by atoms with van der Waals surface area (Å²) in [5.74, 6) is 1.16. The van der Waals surface area contributed by atoms with E-state index in [4.69, 9.17) is 0 Å². The Kier molecular flexibility index (Phi) is 8.18. The summed E-state index contributed by atoms with van der Waals surface area (Å²) >= 11 is 0. The van der Waals surface area contributed by atoms with Crippen LogP contribution in [0.15, 0.2) is 30.3 Å². The van der Waals surface area contributed by atoms with Crippen LogP contribution in [0.3, 0.4) is 0 Å². The molecule has 1 aromatic carbocycles. The number of rotatable bonds is 7. The number of nitrogens with one attached hydrogen (secondary N) is 2. The van der Waals surface area contributed by atoms with Crippen molar-refractivity contribution in [1.82, 2.24) is 20.4 Å². The highest BCUT2D eigenvalue weighted by Crippen LogP contribution is 2.24. The van der Waals surface area contributed by atoms with Crippen molar-refractivity contribution in [2.75, 3.05) is 52.4 Å². The van der Waals surface area contributed by atoms with Crippen LogP contribution in [0.25, 0.3) is 0 Å². The van der Waals surface area contributed by atoms with Gasteiger partial charge in [-0.1, -0.05) is 30.3 Å². The number of nitrogens with zero attached hydrogens (tertiary/aromatic N) is 2. The van der Waals surface area contributed by atoms with Crippen LogP contribution in [0.1, 0.15) is 44.1 Å². The van der Waals surface area contributed by atoms with Crippen molar-refractivity contribution >= 4 is 5.91 Å². The lowest BCUT2D eigenvalue weighted by atomic mass is 9.92. The van der Waals surface area contributed by atoms with Crippen LogP contribution in [0.5, 0.6) is 0 Å². The molecular weight excluding hydrogens is 372 g/mol. The van der Waals surface area contributed by atoms with Crippen LogP contribution in [0.2, 0.25) is 0 Å². The number of hydrogen-bond acceptors (Lipinski definition) is 4. The molecule has 1 aromatic rings. The number of likely N-dealkylation sites (tertiary alicyclic amines) is 2. The minimum absolute atomic E-state index is 0.191. The number of benzene rings is 1. The SMILES string of the molecule is O=C(NCC1CCNCC1)[C@H]1CCCN(C2CCN(CCc3ccccc3)CC2)C1. The first-order chi connectivity index (χ1) is 14.8. The molecule has 3 aliphatic heterocycles. The van der Waals surface area contributed by atoms with Gasteiger partial charge >= 0.3 is 0 Å². The smallest absolute Gasteiger partial charge is 0.224 e. The second kappa shape index (κ2) is 11.3. The largest absolute Gasteiger partial charge is 0.356 e. The number of piperidine rings is 3. The van der Waals surface area contributed by atoms with Gasteiger partial charge in [0.1, 0.15) is 0 Å². The van der Waals surface area contributed by atoms with Gasteiger partial charge in [0.25, 0.3) is 0 Å². The van der Waals surface area contributed by atoms with Crippen molar-refractivity contribution in [2.24, 2.45) is 11.8 Å². The van der Waals surface area contributed by atoms with Crippen LogP contribution < -0.4 is 10.6 Å². The van der Waals surface area contributed by atoms with Gasteiger partial charge < -0.3 is 15.5 Å². The summed E-state index contributed by atoms with van der Waals surface area (Å²) < 4.78 is 0. The first kappa shape index (κ1) is 21.8. The maximum Gasteiger partial charge on any atom is 0.224 e. The standard InChI is InChI=1S/C25H40N4O/c30-25(27-19-22-8-13-26-14-9-22)23-7-4-15-29(20-23)24-11-17-28(18-12-24)16-10-21-5-2-1-3-6-21/h1-3,5-6,22-24,26H,4,7-20H2,(H,27,30)/t23-/m0/s1. The first-order valence-corrected chi connectivity index (χ1v) is 12.3. The lowest BCUT2D eigenvalue weighted by Gasteiger charge is -2.42. The van der Waals surface area contributed by atoms with E-state index in [1.165, 1.54) is 63.8 Å². The van der Waals surface area contributed by atoms with Crippen molar-refractivity contribution in [2.45, 2.75) is 51.0 Å². The molecule has 0 bridgehead atoms. The van der Waals surface area contributed by atoms with Crippen molar-refractivity contribution in [3.05, 3.63) is 35.9 Å². The van der Waals surface area contributed by atoms with Gasteiger partial charge in [-0.25, -0.2) is 0 Å². The molecule has 0 aliphatic carbocycles. The van der Waals surface area contributed by atoms with Crippen LogP contribution in [-0.4, -0.2) is 74.1 Å². The first-order valence-electron chi connectivity index (χ1n) is 12.3. The summed E-state index contributed by atoms with van der Waals surface area (Å²) in [6, 6.07) is 11.5. The molecule has 3 heterocycles. The average molecular weight is 413 g/mol. The van der Waals surface area contributed by atoms with Crippen LogP contribution >= 0.6 is 0 Å². The van der Waals surface area contributed by atoms with Crippen molar-refractivity contribution in [3.8, 4) is 0 Å². The normalized spacial score (nSPS) is 25.3. The number of amides is 1. The molecule has 4 rings (SSSR count). The Morgan fingerprint density at radius 3 is 2.53 bits per heavy atom. The van der Waals surface area contributed by atoms with E-state index in [9.17, 15) is 4.79 Å². The topological polar surface area (TPSA) is 47.6 Å². The Labute approximate surface area is 182 Å². The maximum atomic E-state index is 12.8. The highest BCUT2D eigenvalue weighted by Gasteiger charge is 2.31. The fraction of sp³-hybridized carbons (Fsp3) is 0.720. The summed E-state index contributed by atoms with van der Waals surface area (Å²) in [6.07, 6.45) is 8.26. The minimum Gasteiger partial charge on any atom is -0.356 e. The quantitative estimate of drug-likeness (QED) is 0.723. The number of carbonyl (C=O) groups is 1.